The van der Waals surface area contributed by atoms with Crippen LogP contribution in [0.5, 0.6) is 5.75 Å². The van der Waals surface area contributed by atoms with Crippen molar-refractivity contribution in [2.24, 2.45) is 0 Å². The fraction of sp³-hybridized carbons (Fsp3) is 0.714. The molecule has 1 atom stereocenters. The summed E-state index contributed by atoms with van der Waals surface area (Å²) in [6, 6.07) is 5.20. The van der Waals surface area contributed by atoms with Gasteiger partial charge >= 0.3 is 0 Å². The lowest BCUT2D eigenvalue weighted by atomic mass is 10.3. The van der Waals surface area contributed by atoms with Crippen molar-refractivity contribution in [2.45, 2.75) is 95.7 Å². The highest BCUT2D eigenvalue weighted by Gasteiger charge is 2.48. The van der Waals surface area contributed by atoms with Crippen LogP contribution in [0.25, 0.3) is 0 Å². The van der Waals surface area contributed by atoms with Crippen LogP contribution in [0.3, 0.4) is 0 Å². The minimum atomic E-state index is -2.75. The van der Waals surface area contributed by atoms with E-state index in [1.165, 1.54) is 0 Å². The first-order valence-electron chi connectivity index (χ1n) is 10.8. The lowest BCUT2D eigenvalue weighted by Crippen LogP contribution is -2.54. The molecule has 1 nitrogen and oxygen atoms in total. The maximum Gasteiger partial charge on any atom is 0.251 e. The van der Waals surface area contributed by atoms with Crippen LogP contribution in [0.2, 0.25) is 61.1 Å². The van der Waals surface area contributed by atoms with Crippen LogP contribution in [-0.2, 0) is 0 Å². The largest absolute Gasteiger partial charge is 0.539 e. The van der Waals surface area contributed by atoms with E-state index in [4.69, 9.17) is 4.43 Å². The zero-order valence-electron chi connectivity index (χ0n) is 19.3. The molecule has 1 aromatic rings. The Morgan fingerprint density at radius 1 is 0.828 bits per heavy atom. The zero-order chi connectivity index (χ0) is 22.6. The van der Waals surface area contributed by atoms with Crippen LogP contribution in [-0.4, -0.2) is 24.5 Å². The van der Waals surface area contributed by atoms with Gasteiger partial charge in [0.2, 0.25) is 11.6 Å². The summed E-state index contributed by atoms with van der Waals surface area (Å²) >= 11 is 0. The molecule has 0 amide bonds. The average Bonchev–Trinajstić information content (AvgIpc) is 2.65. The molecule has 0 fully saturated rings. The average molecular weight is 467 g/mol. The van der Waals surface area contributed by atoms with Crippen molar-refractivity contribution in [3.05, 3.63) is 29.3 Å². The number of benzene rings is 1. The molecule has 0 bridgehead atoms. The quantitative estimate of drug-likeness (QED) is 0.181. The molecule has 1 unspecified atom stereocenters. The first-order valence-corrected chi connectivity index (χ1v) is 19.7. The van der Waals surface area contributed by atoms with Gasteiger partial charge in [0.25, 0.3) is 8.32 Å². The van der Waals surface area contributed by atoms with Gasteiger partial charge < -0.3 is 4.43 Å². The van der Waals surface area contributed by atoms with E-state index in [1.54, 1.807) is 0 Å². The van der Waals surface area contributed by atoms with E-state index in [-0.39, 0.29) is 11.6 Å². The molecule has 8 heteroatoms. The maximum atomic E-state index is 14.5. The molecule has 168 valence electrons. The molecule has 0 N–H and O–H groups in total. The minimum Gasteiger partial charge on any atom is -0.539 e. The smallest absolute Gasteiger partial charge is 0.251 e. The summed E-state index contributed by atoms with van der Waals surface area (Å²) in [5.74, 6) is -6.47. The van der Waals surface area contributed by atoms with Crippen LogP contribution in [0.1, 0.15) is 34.6 Å². The van der Waals surface area contributed by atoms with Crippen molar-refractivity contribution in [1.29, 1.82) is 0 Å². The summed E-state index contributed by atoms with van der Waals surface area (Å²) in [5.41, 5.74) is 0.948. The topological polar surface area (TPSA) is 9.23 Å². The van der Waals surface area contributed by atoms with E-state index in [0.29, 0.717) is 0 Å². The summed E-state index contributed by atoms with van der Waals surface area (Å²) < 4.78 is 63.0. The predicted octanol–water partition coefficient (Wildman–Crippen LogP) is 8.36. The van der Waals surface area contributed by atoms with Crippen LogP contribution in [0.4, 0.5) is 17.6 Å². The van der Waals surface area contributed by atoms with Crippen molar-refractivity contribution in [1.82, 2.24) is 0 Å². The molecule has 0 saturated heterocycles. The predicted molar refractivity (Wildman–Crippen MR) is 123 cm³/mol. The highest BCUT2D eigenvalue weighted by molar-refractivity contribution is 6.96. The van der Waals surface area contributed by atoms with E-state index < -0.39 is 53.5 Å². The standard InChI is InChI=1S/C21H38F4OSi3/c1-9-28(10-2,11-3)15-29(16(4)5,13-12-27(6,7)8)26-21-19(24)17(22)14-18(23)20(21)25/h14,16H,9-13,15H2,1-8H3. The summed E-state index contributed by atoms with van der Waals surface area (Å²) in [6.45, 7) is 17.5. The highest BCUT2D eigenvalue weighted by Crippen LogP contribution is 2.43. The second-order valence-corrected chi connectivity index (χ2v) is 26.1. The Morgan fingerprint density at radius 3 is 1.62 bits per heavy atom. The summed E-state index contributed by atoms with van der Waals surface area (Å²) in [7, 11) is -5.91. The highest BCUT2D eigenvalue weighted by atomic mass is 28.4. The van der Waals surface area contributed by atoms with Crippen molar-refractivity contribution < 1.29 is 22.0 Å². The minimum absolute atomic E-state index is 0.0838. The third-order valence-corrected chi connectivity index (χ3v) is 22.6. The first-order chi connectivity index (χ1) is 13.3. The van der Waals surface area contributed by atoms with Gasteiger partial charge in [-0.15, -0.1) is 0 Å². The Bertz CT molecular complexity index is 653. The molecule has 0 aliphatic rings. The molecule has 0 aliphatic heterocycles. The van der Waals surface area contributed by atoms with Crippen molar-refractivity contribution in [2.75, 3.05) is 0 Å². The summed E-state index contributed by atoms with van der Waals surface area (Å²) in [4.78, 5) is 0. The Balaban J connectivity index is 3.58. The van der Waals surface area contributed by atoms with E-state index >= 15 is 0 Å². The van der Waals surface area contributed by atoms with Gasteiger partial charge in [0.15, 0.2) is 17.4 Å². The second kappa shape index (κ2) is 10.1. The van der Waals surface area contributed by atoms with Crippen molar-refractivity contribution in [3.8, 4) is 5.75 Å². The van der Waals surface area contributed by atoms with Gasteiger partial charge in [-0.3, -0.25) is 0 Å². The number of hydrogen-bond donors (Lipinski definition) is 0. The van der Waals surface area contributed by atoms with Gasteiger partial charge in [0, 0.05) is 14.1 Å². The third-order valence-electron chi connectivity index (χ3n) is 6.65. The molecule has 0 spiro atoms. The summed E-state index contributed by atoms with van der Waals surface area (Å²) in [5, 5.41) is 0. The Kier molecular flexibility index (Phi) is 9.23. The van der Waals surface area contributed by atoms with Gasteiger partial charge in [-0.2, -0.15) is 8.78 Å². The Morgan fingerprint density at radius 2 is 1.28 bits per heavy atom. The molecular formula is C21H38F4OSi3. The molecule has 0 aliphatic carbocycles. The molecular weight excluding hydrogens is 428 g/mol. The molecule has 0 radical (unpaired) electrons. The molecule has 0 heterocycles. The van der Waals surface area contributed by atoms with Gasteiger partial charge in [-0.25, -0.2) is 8.78 Å². The summed E-state index contributed by atoms with van der Waals surface area (Å²) in [6.07, 6.45) is 0. The first kappa shape index (κ1) is 26.4. The lowest BCUT2D eigenvalue weighted by Gasteiger charge is -2.43. The van der Waals surface area contributed by atoms with Crippen LogP contribution < -0.4 is 4.43 Å². The molecule has 0 saturated carbocycles. The van der Waals surface area contributed by atoms with E-state index in [0.717, 1.165) is 35.9 Å². The van der Waals surface area contributed by atoms with E-state index in [2.05, 4.69) is 40.4 Å². The molecule has 1 rings (SSSR count). The third kappa shape index (κ3) is 6.43. The zero-order valence-corrected chi connectivity index (χ0v) is 22.3. The number of hydrogen-bond acceptors (Lipinski definition) is 1. The SMILES string of the molecule is CC[Si](CC)(CC)C[Si](CC[Si](C)(C)C)(Oc1c(F)c(F)cc(F)c1F)C(C)C. The fourth-order valence-corrected chi connectivity index (χ4v) is 22.4. The maximum absolute atomic E-state index is 14.5. The Labute approximate surface area is 177 Å². The Hall–Kier alpha value is -0.609. The van der Waals surface area contributed by atoms with Crippen LogP contribution in [0.15, 0.2) is 6.07 Å². The van der Waals surface area contributed by atoms with E-state index in [1.807, 2.05) is 13.8 Å². The number of rotatable bonds is 11. The monoisotopic (exact) mass is 466 g/mol. The van der Waals surface area contributed by atoms with Crippen LogP contribution >= 0.6 is 0 Å². The second-order valence-electron chi connectivity index (χ2n) is 9.92. The van der Waals surface area contributed by atoms with E-state index in [9.17, 15) is 17.6 Å². The number of halogens is 4. The van der Waals surface area contributed by atoms with Crippen molar-refractivity contribution in [3.63, 3.8) is 0 Å². The normalized spacial score (nSPS) is 14.9. The lowest BCUT2D eigenvalue weighted by molar-refractivity contribution is 0.383. The molecule has 0 aromatic heterocycles. The van der Waals surface area contributed by atoms with Gasteiger partial charge in [0.05, 0.1) is 8.07 Å². The van der Waals surface area contributed by atoms with Gasteiger partial charge in [-0.1, -0.05) is 78.4 Å². The fourth-order valence-electron chi connectivity index (χ4n) is 3.98. The van der Waals surface area contributed by atoms with Gasteiger partial charge in [-0.05, 0) is 17.3 Å². The van der Waals surface area contributed by atoms with Crippen LogP contribution in [0, 0.1) is 23.3 Å². The molecule has 1 aromatic carbocycles. The molecule has 29 heavy (non-hydrogen) atoms. The van der Waals surface area contributed by atoms with Crippen molar-refractivity contribution >= 4 is 24.5 Å². The van der Waals surface area contributed by atoms with Gasteiger partial charge in [0.1, 0.15) is 0 Å².